The highest BCUT2D eigenvalue weighted by Gasteiger charge is 2.22. The molecule has 2 atom stereocenters. The van der Waals surface area contributed by atoms with Gasteiger partial charge in [-0.25, -0.2) is 4.98 Å². The molecule has 0 bridgehead atoms. The second-order valence-corrected chi connectivity index (χ2v) is 6.77. The number of fused-ring (bicyclic) bond motifs is 1. The van der Waals surface area contributed by atoms with Gasteiger partial charge in [-0.1, -0.05) is 25.0 Å². The number of carbonyl (C=O) groups is 1. The highest BCUT2D eigenvalue weighted by molar-refractivity contribution is 7.19. The molecule has 0 aliphatic heterocycles. The van der Waals surface area contributed by atoms with Crippen LogP contribution in [0.15, 0.2) is 30.3 Å². The second kappa shape index (κ2) is 7.03. The van der Waals surface area contributed by atoms with Crippen molar-refractivity contribution < 1.29 is 9.90 Å². The van der Waals surface area contributed by atoms with Gasteiger partial charge in [0.1, 0.15) is 5.01 Å². The number of nitrogens with one attached hydrogen (secondary N) is 1. The number of thiazole rings is 1. The highest BCUT2D eigenvalue weighted by atomic mass is 32.1. The van der Waals surface area contributed by atoms with Crippen LogP contribution in [0.25, 0.3) is 16.3 Å². The SMILES string of the molecule is O=C(/C=C/c1nc2ccccc2s1)NCC1CCCCC1O. The van der Waals surface area contributed by atoms with E-state index in [1.807, 2.05) is 24.3 Å². The maximum absolute atomic E-state index is 11.9. The number of nitrogens with zero attached hydrogens (tertiary/aromatic N) is 1. The summed E-state index contributed by atoms with van der Waals surface area (Å²) in [5.74, 6) is 0.0607. The number of hydrogen-bond acceptors (Lipinski definition) is 4. The van der Waals surface area contributed by atoms with E-state index in [9.17, 15) is 9.90 Å². The van der Waals surface area contributed by atoms with Gasteiger partial charge < -0.3 is 10.4 Å². The summed E-state index contributed by atoms with van der Waals surface area (Å²) in [5.41, 5.74) is 0.956. The molecule has 1 heterocycles. The molecule has 0 radical (unpaired) electrons. The molecule has 1 fully saturated rings. The number of aliphatic hydroxyl groups excluding tert-OH is 1. The van der Waals surface area contributed by atoms with Gasteiger partial charge in [0, 0.05) is 18.5 Å². The Morgan fingerprint density at radius 1 is 1.36 bits per heavy atom. The zero-order valence-corrected chi connectivity index (χ0v) is 13.2. The van der Waals surface area contributed by atoms with Crippen LogP contribution in [0, 0.1) is 5.92 Å². The summed E-state index contributed by atoms with van der Waals surface area (Å²) >= 11 is 1.57. The largest absolute Gasteiger partial charge is 0.393 e. The van der Waals surface area contributed by atoms with Gasteiger partial charge in [0.25, 0.3) is 0 Å². The lowest BCUT2D eigenvalue weighted by Gasteiger charge is -2.27. The number of hydrogen-bond donors (Lipinski definition) is 2. The first-order chi connectivity index (χ1) is 10.7. The van der Waals surface area contributed by atoms with E-state index in [1.165, 1.54) is 6.08 Å². The van der Waals surface area contributed by atoms with Crippen molar-refractivity contribution in [3.8, 4) is 0 Å². The number of aromatic nitrogens is 1. The molecule has 5 heteroatoms. The lowest BCUT2D eigenvalue weighted by Crippen LogP contribution is -2.36. The summed E-state index contributed by atoms with van der Waals surface area (Å²) in [6.07, 6.45) is 7.06. The average molecular weight is 316 g/mol. The van der Waals surface area contributed by atoms with Crippen LogP contribution in [0.5, 0.6) is 0 Å². The first-order valence-electron chi connectivity index (χ1n) is 7.72. The fraction of sp³-hybridized carbons (Fsp3) is 0.412. The van der Waals surface area contributed by atoms with Crippen molar-refractivity contribution >= 4 is 33.5 Å². The first kappa shape index (κ1) is 15.2. The van der Waals surface area contributed by atoms with Crippen LogP contribution in [0.4, 0.5) is 0 Å². The van der Waals surface area contributed by atoms with E-state index >= 15 is 0 Å². The van der Waals surface area contributed by atoms with Crippen molar-refractivity contribution in [1.82, 2.24) is 10.3 Å². The molecule has 116 valence electrons. The number of para-hydroxylation sites is 1. The molecule has 1 amide bonds. The molecule has 1 aliphatic carbocycles. The molecule has 4 nitrogen and oxygen atoms in total. The van der Waals surface area contributed by atoms with E-state index in [0.29, 0.717) is 6.54 Å². The van der Waals surface area contributed by atoms with Gasteiger partial charge >= 0.3 is 0 Å². The molecule has 1 aromatic carbocycles. The van der Waals surface area contributed by atoms with Crippen molar-refractivity contribution in [2.24, 2.45) is 5.92 Å². The van der Waals surface area contributed by atoms with Gasteiger partial charge in [0.2, 0.25) is 5.91 Å². The Morgan fingerprint density at radius 3 is 3.00 bits per heavy atom. The number of amides is 1. The molecule has 1 aromatic heterocycles. The van der Waals surface area contributed by atoms with Gasteiger partial charge in [-0.2, -0.15) is 0 Å². The van der Waals surface area contributed by atoms with Gasteiger partial charge in [0.05, 0.1) is 16.3 Å². The molecular weight excluding hydrogens is 296 g/mol. The lowest BCUT2D eigenvalue weighted by atomic mass is 9.86. The Balaban J connectivity index is 1.54. The average Bonchev–Trinajstić information content (AvgIpc) is 2.95. The van der Waals surface area contributed by atoms with Crippen LogP contribution in [0.1, 0.15) is 30.7 Å². The zero-order chi connectivity index (χ0) is 15.4. The summed E-state index contributed by atoms with van der Waals surface area (Å²) in [6, 6.07) is 7.93. The zero-order valence-electron chi connectivity index (χ0n) is 12.4. The summed E-state index contributed by atoms with van der Waals surface area (Å²) in [4.78, 5) is 16.3. The second-order valence-electron chi connectivity index (χ2n) is 5.71. The van der Waals surface area contributed by atoms with Crippen molar-refractivity contribution in [3.63, 3.8) is 0 Å². The molecule has 0 saturated heterocycles. The number of benzene rings is 1. The minimum Gasteiger partial charge on any atom is -0.393 e. The maximum atomic E-state index is 11.9. The topological polar surface area (TPSA) is 62.2 Å². The summed E-state index contributed by atoms with van der Waals surface area (Å²) < 4.78 is 1.12. The van der Waals surface area contributed by atoms with Crippen LogP contribution < -0.4 is 5.32 Å². The Morgan fingerprint density at radius 2 is 2.18 bits per heavy atom. The molecule has 2 aromatic rings. The highest BCUT2D eigenvalue weighted by Crippen LogP contribution is 2.24. The smallest absolute Gasteiger partial charge is 0.244 e. The number of carbonyl (C=O) groups excluding carboxylic acids is 1. The number of aliphatic hydroxyl groups is 1. The third-order valence-electron chi connectivity index (χ3n) is 4.10. The quantitative estimate of drug-likeness (QED) is 0.853. The first-order valence-corrected chi connectivity index (χ1v) is 8.53. The van der Waals surface area contributed by atoms with Crippen molar-refractivity contribution in [1.29, 1.82) is 0 Å². The van der Waals surface area contributed by atoms with Crippen LogP contribution in [-0.4, -0.2) is 28.6 Å². The Hall–Kier alpha value is -1.72. The summed E-state index contributed by atoms with van der Waals surface area (Å²) in [5, 5.41) is 13.6. The summed E-state index contributed by atoms with van der Waals surface area (Å²) in [6.45, 7) is 0.546. The maximum Gasteiger partial charge on any atom is 0.244 e. The minimum atomic E-state index is -0.276. The van der Waals surface area contributed by atoms with Crippen molar-refractivity contribution in [3.05, 3.63) is 35.3 Å². The molecule has 2 N–H and O–H groups in total. The molecule has 1 aliphatic rings. The molecule has 1 saturated carbocycles. The van der Waals surface area contributed by atoms with Gasteiger partial charge in [-0.05, 0) is 31.1 Å². The van der Waals surface area contributed by atoms with Crippen LogP contribution in [-0.2, 0) is 4.79 Å². The Bertz CT molecular complexity index is 647. The van der Waals surface area contributed by atoms with Gasteiger partial charge in [0.15, 0.2) is 0 Å². The summed E-state index contributed by atoms with van der Waals surface area (Å²) in [7, 11) is 0. The monoisotopic (exact) mass is 316 g/mol. The fourth-order valence-corrected chi connectivity index (χ4v) is 3.70. The molecule has 2 unspecified atom stereocenters. The Kier molecular flexibility index (Phi) is 4.85. The number of rotatable bonds is 4. The predicted octanol–water partition coefficient (Wildman–Crippen LogP) is 2.98. The van der Waals surface area contributed by atoms with E-state index in [0.717, 1.165) is 40.9 Å². The fourth-order valence-electron chi connectivity index (χ4n) is 2.83. The van der Waals surface area contributed by atoms with Gasteiger partial charge in [-0.3, -0.25) is 4.79 Å². The van der Waals surface area contributed by atoms with Crippen LogP contribution >= 0.6 is 11.3 Å². The molecular formula is C17H20N2O2S. The normalized spacial score (nSPS) is 22.2. The minimum absolute atomic E-state index is 0.128. The van der Waals surface area contributed by atoms with Gasteiger partial charge in [-0.15, -0.1) is 11.3 Å². The molecule has 22 heavy (non-hydrogen) atoms. The van der Waals surface area contributed by atoms with E-state index in [4.69, 9.17) is 0 Å². The third-order valence-corrected chi connectivity index (χ3v) is 5.10. The lowest BCUT2D eigenvalue weighted by molar-refractivity contribution is -0.116. The van der Waals surface area contributed by atoms with E-state index in [-0.39, 0.29) is 17.9 Å². The molecule has 0 spiro atoms. The van der Waals surface area contributed by atoms with E-state index < -0.39 is 0 Å². The van der Waals surface area contributed by atoms with E-state index in [1.54, 1.807) is 17.4 Å². The van der Waals surface area contributed by atoms with Crippen LogP contribution in [0.2, 0.25) is 0 Å². The predicted molar refractivity (Wildman–Crippen MR) is 89.6 cm³/mol. The standard InChI is InChI=1S/C17H20N2O2S/c20-14-7-3-1-5-12(14)11-18-16(21)9-10-17-19-13-6-2-4-8-15(13)22-17/h2,4,6,8-10,12,14,20H,1,3,5,7,11H2,(H,18,21)/b10-9+. The van der Waals surface area contributed by atoms with Crippen molar-refractivity contribution in [2.45, 2.75) is 31.8 Å². The third kappa shape index (κ3) is 3.72. The van der Waals surface area contributed by atoms with E-state index in [2.05, 4.69) is 10.3 Å². The molecule has 3 rings (SSSR count). The van der Waals surface area contributed by atoms with Crippen LogP contribution in [0.3, 0.4) is 0 Å². The Labute approximate surface area is 133 Å². The van der Waals surface area contributed by atoms with Crippen molar-refractivity contribution in [2.75, 3.05) is 6.54 Å².